The first-order chi connectivity index (χ1) is 5.74. The first-order valence-corrected chi connectivity index (χ1v) is 3.46. The van der Waals surface area contributed by atoms with E-state index in [1.807, 2.05) is 0 Å². The van der Waals surface area contributed by atoms with Crippen molar-refractivity contribution >= 4 is 0 Å². The Bertz CT molecular complexity index is 338. The molecule has 0 aliphatic heterocycles. The van der Waals surface area contributed by atoms with Crippen LogP contribution in [0.2, 0.25) is 0 Å². The van der Waals surface area contributed by atoms with Gasteiger partial charge in [0.25, 0.3) is 0 Å². The smallest absolute Gasteiger partial charge is 0.141 e. The van der Waals surface area contributed by atoms with E-state index in [1.165, 1.54) is 6.07 Å². The zero-order valence-corrected chi connectivity index (χ0v) is 6.63. The van der Waals surface area contributed by atoms with Gasteiger partial charge in [0.2, 0.25) is 0 Å². The van der Waals surface area contributed by atoms with E-state index in [1.54, 1.807) is 6.92 Å². The van der Waals surface area contributed by atoms with Crippen molar-refractivity contribution in [3.05, 3.63) is 29.3 Å². The lowest BCUT2D eigenvalue weighted by molar-refractivity contribution is 0.350. The molecular weight excluding hydrogens is 157 g/mol. The van der Waals surface area contributed by atoms with Crippen LogP contribution >= 0.6 is 0 Å². The van der Waals surface area contributed by atoms with Crippen LogP contribution in [0.25, 0.3) is 0 Å². The van der Waals surface area contributed by atoms with Crippen LogP contribution in [0.1, 0.15) is 11.3 Å². The molecule has 1 aromatic heterocycles. The average Bonchev–Trinajstić information content (AvgIpc) is 2.03. The zero-order chi connectivity index (χ0) is 8.97. The third-order valence-corrected chi connectivity index (χ3v) is 1.33. The Balaban J connectivity index is 3.01. The second-order valence-corrected chi connectivity index (χ2v) is 2.28. The number of aliphatic hydroxyl groups excluding tert-OH is 1. The van der Waals surface area contributed by atoms with Crippen LogP contribution < -0.4 is 0 Å². The molecule has 0 saturated heterocycles. The molecule has 12 heavy (non-hydrogen) atoms. The molecule has 1 aromatic rings. The zero-order valence-electron chi connectivity index (χ0n) is 6.63. The van der Waals surface area contributed by atoms with Crippen molar-refractivity contribution in [1.29, 1.82) is 0 Å². The molecule has 0 aliphatic rings. The monoisotopic (exact) mass is 165 g/mol. The first-order valence-electron chi connectivity index (χ1n) is 3.46. The lowest BCUT2D eigenvalue weighted by Gasteiger charge is -1.95. The number of hydrogen-bond donors (Lipinski definition) is 1. The predicted molar refractivity (Wildman–Crippen MR) is 42.9 cm³/mol. The molecule has 1 N–H and O–H groups in total. The van der Waals surface area contributed by atoms with Crippen LogP contribution in [0, 0.1) is 24.6 Å². The van der Waals surface area contributed by atoms with E-state index < -0.39 is 0 Å². The highest BCUT2D eigenvalue weighted by Gasteiger charge is 1.96. The van der Waals surface area contributed by atoms with Gasteiger partial charge in [0, 0.05) is 0 Å². The molecule has 0 radical (unpaired) electrons. The molecule has 0 bridgehead atoms. The summed E-state index contributed by atoms with van der Waals surface area (Å²) in [6.07, 6.45) is 1.11. The summed E-state index contributed by atoms with van der Waals surface area (Å²) in [5, 5.41) is 8.40. The molecule has 0 unspecified atom stereocenters. The number of aromatic nitrogens is 1. The van der Waals surface area contributed by atoms with Crippen molar-refractivity contribution in [1.82, 2.24) is 4.98 Å². The number of aryl methyl sites for hydroxylation is 1. The molecular formula is C9H8FNO. The van der Waals surface area contributed by atoms with E-state index in [-0.39, 0.29) is 12.4 Å². The van der Waals surface area contributed by atoms with Gasteiger partial charge < -0.3 is 5.11 Å². The van der Waals surface area contributed by atoms with Gasteiger partial charge in [0.05, 0.1) is 6.20 Å². The molecule has 0 atom stereocenters. The van der Waals surface area contributed by atoms with Crippen molar-refractivity contribution in [2.24, 2.45) is 0 Å². The summed E-state index contributed by atoms with van der Waals surface area (Å²) >= 11 is 0. The number of hydrogen-bond acceptors (Lipinski definition) is 2. The Labute approximate surface area is 70.1 Å². The second-order valence-electron chi connectivity index (χ2n) is 2.28. The van der Waals surface area contributed by atoms with Gasteiger partial charge in [0.15, 0.2) is 0 Å². The molecule has 1 heterocycles. The molecule has 0 amide bonds. The van der Waals surface area contributed by atoms with Crippen molar-refractivity contribution in [2.45, 2.75) is 6.92 Å². The minimum absolute atomic E-state index is 0.210. The summed E-state index contributed by atoms with van der Waals surface area (Å²) in [6.45, 7) is 1.51. The topological polar surface area (TPSA) is 33.1 Å². The molecule has 0 saturated carbocycles. The number of nitrogens with zero attached hydrogens (tertiary/aromatic N) is 1. The van der Waals surface area contributed by atoms with Crippen molar-refractivity contribution in [3.63, 3.8) is 0 Å². The van der Waals surface area contributed by atoms with Crippen LogP contribution in [0.5, 0.6) is 0 Å². The van der Waals surface area contributed by atoms with E-state index in [0.717, 1.165) is 6.20 Å². The van der Waals surface area contributed by atoms with E-state index >= 15 is 0 Å². The third-order valence-electron chi connectivity index (χ3n) is 1.33. The highest BCUT2D eigenvalue weighted by molar-refractivity contribution is 5.34. The fourth-order valence-corrected chi connectivity index (χ4v) is 0.795. The van der Waals surface area contributed by atoms with Crippen molar-refractivity contribution < 1.29 is 9.50 Å². The van der Waals surface area contributed by atoms with Gasteiger partial charge in [0.1, 0.15) is 18.1 Å². The Kier molecular flexibility index (Phi) is 2.78. The Morgan fingerprint density at radius 3 is 3.00 bits per heavy atom. The number of aliphatic hydroxyl groups is 1. The van der Waals surface area contributed by atoms with Crippen LogP contribution in [0.3, 0.4) is 0 Å². The largest absolute Gasteiger partial charge is 0.384 e. The fraction of sp³-hybridized carbons (Fsp3) is 0.222. The third kappa shape index (κ3) is 2.04. The quantitative estimate of drug-likeness (QED) is 0.579. The standard InChI is InChI=1S/C9H8FNO/c1-7-5-8(10)6-11-9(7)3-2-4-12/h5-6,12H,4H2,1H3. The lowest BCUT2D eigenvalue weighted by atomic mass is 10.2. The van der Waals surface area contributed by atoms with Gasteiger partial charge in [-0.05, 0) is 24.5 Å². The predicted octanol–water partition coefficient (Wildman–Crippen LogP) is 0.873. The maximum atomic E-state index is 12.5. The summed E-state index contributed by atoms with van der Waals surface area (Å²) < 4.78 is 12.5. The molecule has 0 spiro atoms. The lowest BCUT2D eigenvalue weighted by Crippen LogP contribution is -1.89. The van der Waals surface area contributed by atoms with E-state index in [9.17, 15) is 4.39 Å². The summed E-state index contributed by atoms with van der Waals surface area (Å²) in [5.74, 6) is 4.68. The minimum atomic E-state index is -0.373. The molecule has 2 nitrogen and oxygen atoms in total. The van der Waals surface area contributed by atoms with E-state index in [4.69, 9.17) is 5.11 Å². The molecule has 0 fully saturated rings. The summed E-state index contributed by atoms with van der Waals surface area (Å²) in [5.41, 5.74) is 1.18. The highest BCUT2D eigenvalue weighted by Crippen LogP contribution is 2.04. The summed E-state index contributed by atoms with van der Waals surface area (Å²) in [6, 6.07) is 1.36. The van der Waals surface area contributed by atoms with Gasteiger partial charge in [-0.1, -0.05) is 5.92 Å². The fourth-order valence-electron chi connectivity index (χ4n) is 0.795. The maximum absolute atomic E-state index is 12.5. The molecule has 0 aromatic carbocycles. The second kappa shape index (κ2) is 3.84. The first kappa shape index (κ1) is 8.69. The van der Waals surface area contributed by atoms with Crippen molar-refractivity contribution in [2.75, 3.05) is 6.61 Å². The molecule has 1 rings (SSSR count). The minimum Gasteiger partial charge on any atom is -0.384 e. The van der Waals surface area contributed by atoms with Crippen LogP contribution in [0.4, 0.5) is 4.39 Å². The number of pyridine rings is 1. The average molecular weight is 165 g/mol. The summed E-state index contributed by atoms with van der Waals surface area (Å²) in [7, 11) is 0. The highest BCUT2D eigenvalue weighted by atomic mass is 19.1. The van der Waals surface area contributed by atoms with Gasteiger partial charge >= 0.3 is 0 Å². The van der Waals surface area contributed by atoms with Gasteiger partial charge in [-0.3, -0.25) is 0 Å². The number of rotatable bonds is 0. The molecule has 3 heteroatoms. The van der Waals surface area contributed by atoms with Crippen LogP contribution in [-0.2, 0) is 0 Å². The van der Waals surface area contributed by atoms with Crippen LogP contribution in [-0.4, -0.2) is 16.7 Å². The van der Waals surface area contributed by atoms with Gasteiger partial charge in [-0.2, -0.15) is 0 Å². The summed E-state index contributed by atoms with van der Waals surface area (Å²) in [4.78, 5) is 3.76. The Hall–Kier alpha value is -1.40. The normalized spacial score (nSPS) is 8.92. The SMILES string of the molecule is Cc1cc(F)cnc1C#CCO. The Morgan fingerprint density at radius 1 is 1.67 bits per heavy atom. The molecule has 62 valence electrons. The maximum Gasteiger partial charge on any atom is 0.141 e. The van der Waals surface area contributed by atoms with E-state index in [2.05, 4.69) is 16.8 Å². The van der Waals surface area contributed by atoms with E-state index in [0.29, 0.717) is 11.3 Å². The number of halogens is 1. The molecule has 0 aliphatic carbocycles. The van der Waals surface area contributed by atoms with Crippen LogP contribution in [0.15, 0.2) is 12.3 Å². The van der Waals surface area contributed by atoms with Gasteiger partial charge in [-0.25, -0.2) is 9.37 Å². The Morgan fingerprint density at radius 2 is 2.42 bits per heavy atom. The van der Waals surface area contributed by atoms with Gasteiger partial charge in [-0.15, -0.1) is 0 Å². The van der Waals surface area contributed by atoms with Crippen molar-refractivity contribution in [3.8, 4) is 11.8 Å².